The van der Waals surface area contributed by atoms with Crippen molar-refractivity contribution in [1.29, 1.82) is 0 Å². The highest BCUT2D eigenvalue weighted by Gasteiger charge is 2.46. The Morgan fingerprint density at radius 3 is 2.32 bits per heavy atom. The molecular weight excluding hydrogens is 290 g/mol. The maximum atomic E-state index is 12.1. The molecule has 1 saturated heterocycles. The molecule has 7 heteroatoms. The molecule has 1 rings (SSSR count). The molecule has 0 aliphatic carbocycles. The highest BCUT2D eigenvalue weighted by Crippen LogP contribution is 2.24. The number of aliphatic hydroxyl groups excluding tert-OH is 4. The zero-order valence-corrected chi connectivity index (χ0v) is 13.4. The molecule has 5 atom stereocenters. The van der Waals surface area contributed by atoms with Crippen molar-refractivity contribution in [1.82, 2.24) is 4.90 Å². The fraction of sp³-hybridized carbons (Fsp3) is 0.933. The molecule has 0 radical (unpaired) electrons. The Morgan fingerprint density at radius 2 is 1.73 bits per heavy atom. The lowest BCUT2D eigenvalue weighted by Crippen LogP contribution is -2.64. The van der Waals surface area contributed by atoms with Crippen LogP contribution >= 0.6 is 0 Å². The number of amides is 1. The van der Waals surface area contributed by atoms with Gasteiger partial charge in [0.15, 0.2) is 6.29 Å². The fourth-order valence-electron chi connectivity index (χ4n) is 2.72. The van der Waals surface area contributed by atoms with E-state index in [1.54, 1.807) is 0 Å². The van der Waals surface area contributed by atoms with E-state index in [9.17, 15) is 20.1 Å². The van der Waals surface area contributed by atoms with Crippen molar-refractivity contribution in [3.63, 3.8) is 0 Å². The number of unbranched alkanes of at least 4 members (excludes halogenated alkanes) is 4. The Labute approximate surface area is 131 Å². The van der Waals surface area contributed by atoms with E-state index >= 15 is 0 Å². The third-order valence-corrected chi connectivity index (χ3v) is 4.20. The van der Waals surface area contributed by atoms with Crippen LogP contribution in [0, 0.1) is 0 Å². The molecule has 0 spiro atoms. The van der Waals surface area contributed by atoms with Crippen molar-refractivity contribution in [2.24, 2.45) is 0 Å². The number of hydrogen-bond acceptors (Lipinski definition) is 6. The molecule has 4 N–H and O–H groups in total. The molecule has 0 aromatic carbocycles. The van der Waals surface area contributed by atoms with Gasteiger partial charge in [0.25, 0.3) is 0 Å². The second-order valence-corrected chi connectivity index (χ2v) is 5.89. The molecule has 22 heavy (non-hydrogen) atoms. The molecule has 1 heterocycles. The number of nitrogens with zero attached hydrogens (tertiary/aromatic N) is 1. The maximum Gasteiger partial charge on any atom is 0.222 e. The predicted molar refractivity (Wildman–Crippen MR) is 79.9 cm³/mol. The smallest absolute Gasteiger partial charge is 0.222 e. The topological polar surface area (TPSA) is 110 Å². The Hall–Kier alpha value is -0.730. The van der Waals surface area contributed by atoms with E-state index in [1.165, 1.54) is 11.9 Å². The molecule has 0 unspecified atom stereocenters. The molecule has 1 fully saturated rings. The summed E-state index contributed by atoms with van der Waals surface area (Å²) in [6.07, 6.45) is 0.205. The SMILES string of the molecule is CCCCCCCC(=O)N(C)[C@@H]1[C@@H](O)[C@H](O)[C@@H](CO)O[C@@H]1O. The lowest BCUT2D eigenvalue weighted by molar-refractivity contribution is -0.268. The minimum Gasteiger partial charge on any atom is -0.394 e. The predicted octanol–water partition coefficient (Wildman–Crippen LogP) is -0.395. The van der Waals surface area contributed by atoms with Crippen molar-refractivity contribution in [3.8, 4) is 0 Å². The van der Waals surface area contributed by atoms with E-state index in [-0.39, 0.29) is 5.91 Å². The van der Waals surface area contributed by atoms with E-state index in [2.05, 4.69) is 6.92 Å². The van der Waals surface area contributed by atoms with Gasteiger partial charge in [-0.3, -0.25) is 4.79 Å². The second-order valence-electron chi connectivity index (χ2n) is 5.89. The summed E-state index contributed by atoms with van der Waals surface area (Å²) in [5.74, 6) is -0.210. The Balaban J connectivity index is 2.52. The number of likely N-dealkylation sites (N-methyl/N-ethyl adjacent to an activating group) is 1. The Morgan fingerprint density at radius 1 is 1.09 bits per heavy atom. The van der Waals surface area contributed by atoms with E-state index in [4.69, 9.17) is 9.84 Å². The van der Waals surface area contributed by atoms with Crippen LogP contribution in [0.2, 0.25) is 0 Å². The summed E-state index contributed by atoms with van der Waals surface area (Å²) >= 11 is 0. The van der Waals surface area contributed by atoms with Gasteiger partial charge in [-0.15, -0.1) is 0 Å². The zero-order chi connectivity index (χ0) is 16.7. The van der Waals surface area contributed by atoms with E-state index in [0.29, 0.717) is 6.42 Å². The van der Waals surface area contributed by atoms with Crippen molar-refractivity contribution in [3.05, 3.63) is 0 Å². The van der Waals surface area contributed by atoms with Crippen LogP contribution < -0.4 is 0 Å². The minimum absolute atomic E-state index is 0.210. The standard InChI is InChI=1S/C15H29NO6/c1-3-4-5-6-7-8-11(18)16(2)12-14(20)13(19)10(9-17)22-15(12)21/h10,12-15,17,19-21H,3-9H2,1-2H3/t10-,12-,13-,14-,15+/m1/s1. The van der Waals surface area contributed by atoms with Crippen molar-refractivity contribution >= 4 is 5.91 Å². The van der Waals surface area contributed by atoms with Gasteiger partial charge in [-0.1, -0.05) is 32.6 Å². The van der Waals surface area contributed by atoms with Gasteiger partial charge in [0, 0.05) is 13.5 Å². The van der Waals surface area contributed by atoms with Gasteiger partial charge in [0.1, 0.15) is 24.4 Å². The van der Waals surface area contributed by atoms with Crippen LogP contribution in [-0.2, 0) is 9.53 Å². The van der Waals surface area contributed by atoms with Gasteiger partial charge < -0.3 is 30.1 Å². The van der Waals surface area contributed by atoms with Gasteiger partial charge in [0.2, 0.25) is 5.91 Å². The van der Waals surface area contributed by atoms with Gasteiger partial charge in [0.05, 0.1) is 6.61 Å². The summed E-state index contributed by atoms with van der Waals surface area (Å²) < 4.78 is 5.06. The fourth-order valence-corrected chi connectivity index (χ4v) is 2.72. The lowest BCUT2D eigenvalue weighted by atomic mass is 9.95. The number of carbonyl (C=O) groups is 1. The first kappa shape index (κ1) is 19.3. The molecule has 130 valence electrons. The molecule has 1 aliphatic rings. The van der Waals surface area contributed by atoms with Crippen LogP contribution in [0.5, 0.6) is 0 Å². The van der Waals surface area contributed by atoms with E-state index < -0.39 is 37.3 Å². The third kappa shape index (κ3) is 4.89. The summed E-state index contributed by atoms with van der Waals surface area (Å²) in [7, 11) is 1.47. The molecule has 7 nitrogen and oxygen atoms in total. The summed E-state index contributed by atoms with van der Waals surface area (Å²) in [4.78, 5) is 13.4. The monoisotopic (exact) mass is 319 g/mol. The molecule has 0 aromatic rings. The van der Waals surface area contributed by atoms with E-state index in [1.807, 2.05) is 0 Å². The van der Waals surface area contributed by atoms with E-state index in [0.717, 1.165) is 32.1 Å². The average Bonchev–Trinajstić information content (AvgIpc) is 2.50. The first-order valence-electron chi connectivity index (χ1n) is 8.00. The number of rotatable bonds is 8. The lowest BCUT2D eigenvalue weighted by Gasteiger charge is -2.43. The normalized spacial score (nSPS) is 32.0. The van der Waals surface area contributed by atoms with Crippen LogP contribution in [0.15, 0.2) is 0 Å². The molecule has 1 amide bonds. The molecule has 1 aliphatic heterocycles. The van der Waals surface area contributed by atoms with Crippen molar-refractivity contribution in [2.45, 2.75) is 76.1 Å². The van der Waals surface area contributed by atoms with Gasteiger partial charge in [-0.25, -0.2) is 0 Å². The summed E-state index contributed by atoms with van der Waals surface area (Å²) in [5, 5.41) is 38.9. The molecule has 0 aromatic heterocycles. The molecule has 0 saturated carbocycles. The number of aliphatic hydroxyl groups is 4. The van der Waals surface area contributed by atoms with Gasteiger partial charge in [-0.05, 0) is 6.42 Å². The summed E-state index contributed by atoms with van der Waals surface area (Å²) in [6.45, 7) is 1.60. The minimum atomic E-state index is -1.44. The van der Waals surface area contributed by atoms with Crippen LogP contribution in [0.4, 0.5) is 0 Å². The Kier molecular flexibility index (Phi) is 8.27. The Bertz CT molecular complexity index is 340. The van der Waals surface area contributed by atoms with Crippen molar-refractivity contribution in [2.75, 3.05) is 13.7 Å². The highest BCUT2D eigenvalue weighted by molar-refractivity contribution is 5.76. The quantitative estimate of drug-likeness (QED) is 0.453. The number of carbonyl (C=O) groups excluding carboxylic acids is 1. The highest BCUT2D eigenvalue weighted by atomic mass is 16.6. The van der Waals surface area contributed by atoms with Crippen LogP contribution in [0.3, 0.4) is 0 Å². The maximum absolute atomic E-state index is 12.1. The van der Waals surface area contributed by atoms with Crippen LogP contribution in [-0.4, -0.2) is 75.5 Å². The first-order chi connectivity index (χ1) is 10.4. The summed E-state index contributed by atoms with van der Waals surface area (Å²) in [6, 6.07) is -1.04. The molecule has 0 bridgehead atoms. The molecular formula is C15H29NO6. The van der Waals surface area contributed by atoms with Gasteiger partial charge >= 0.3 is 0 Å². The first-order valence-corrected chi connectivity index (χ1v) is 8.00. The second kappa shape index (κ2) is 9.42. The number of hydrogen-bond donors (Lipinski definition) is 4. The summed E-state index contributed by atoms with van der Waals surface area (Å²) in [5.41, 5.74) is 0. The van der Waals surface area contributed by atoms with Crippen LogP contribution in [0.1, 0.15) is 45.4 Å². The van der Waals surface area contributed by atoms with Crippen molar-refractivity contribution < 1.29 is 30.0 Å². The largest absolute Gasteiger partial charge is 0.394 e. The zero-order valence-electron chi connectivity index (χ0n) is 13.4. The average molecular weight is 319 g/mol. The van der Waals surface area contributed by atoms with Crippen LogP contribution in [0.25, 0.3) is 0 Å². The number of ether oxygens (including phenoxy) is 1. The third-order valence-electron chi connectivity index (χ3n) is 4.20. The van der Waals surface area contributed by atoms with Gasteiger partial charge in [-0.2, -0.15) is 0 Å².